The van der Waals surface area contributed by atoms with Crippen LogP contribution < -0.4 is 5.32 Å². The third kappa shape index (κ3) is 5.53. The number of nitro groups is 1. The van der Waals surface area contributed by atoms with E-state index in [1.807, 2.05) is 16.8 Å². The molecular weight excluding hydrogens is 474 g/mol. The Morgan fingerprint density at radius 2 is 1.94 bits per heavy atom. The molecule has 1 N–H and O–H groups in total. The van der Waals surface area contributed by atoms with Gasteiger partial charge in [0.2, 0.25) is 6.10 Å². The lowest BCUT2D eigenvalue weighted by Gasteiger charge is -2.18. The van der Waals surface area contributed by atoms with Crippen molar-refractivity contribution in [3.8, 4) is 10.6 Å². The maximum atomic E-state index is 13.1. The molecule has 0 saturated carbocycles. The summed E-state index contributed by atoms with van der Waals surface area (Å²) in [6, 6.07) is 14.9. The third-order valence-corrected chi connectivity index (χ3v) is 6.47. The van der Waals surface area contributed by atoms with Gasteiger partial charge in [-0.25, -0.2) is 4.98 Å². The fourth-order valence-corrected chi connectivity index (χ4v) is 4.76. The monoisotopic (exact) mass is 493 g/mol. The highest BCUT2D eigenvalue weighted by Crippen LogP contribution is 2.29. The van der Waals surface area contributed by atoms with Crippen LogP contribution in [0.15, 0.2) is 70.7 Å². The molecule has 0 bridgehead atoms. The number of nitrogens with zero attached hydrogens (tertiary/aromatic N) is 2. The van der Waals surface area contributed by atoms with E-state index in [4.69, 9.17) is 4.74 Å². The van der Waals surface area contributed by atoms with E-state index in [-0.39, 0.29) is 17.8 Å². The van der Waals surface area contributed by atoms with Gasteiger partial charge in [0.1, 0.15) is 10.7 Å². The molecule has 1 unspecified atom stereocenters. The Balaban J connectivity index is 1.52. The van der Waals surface area contributed by atoms with Crippen LogP contribution in [0.25, 0.3) is 10.6 Å². The minimum atomic E-state index is -1.29. The number of benzene rings is 2. The van der Waals surface area contributed by atoms with Crippen molar-refractivity contribution in [3.05, 3.63) is 97.7 Å². The average Bonchev–Trinajstić information content (AvgIpc) is 3.51. The number of esters is 1. The summed E-state index contributed by atoms with van der Waals surface area (Å²) in [5.41, 5.74) is 2.43. The Bertz CT molecular complexity index is 1320. The minimum absolute atomic E-state index is 0.0255. The number of thiazole rings is 1. The number of amides is 1. The molecule has 0 radical (unpaired) electrons. The number of carbonyl (C=O) groups is 2. The second kappa shape index (κ2) is 10.4. The van der Waals surface area contributed by atoms with Crippen LogP contribution >= 0.6 is 22.7 Å². The molecule has 0 aliphatic carbocycles. The predicted molar refractivity (Wildman–Crippen MR) is 131 cm³/mol. The summed E-state index contributed by atoms with van der Waals surface area (Å²) in [5.74, 6) is -1.33. The SMILES string of the molecule is Cc1ccc(NC(=O)C(OC(=O)Cc2csc(-c3ccsc3)n2)c2ccccc2)c([N+](=O)[O-])c1. The van der Waals surface area contributed by atoms with Crippen molar-refractivity contribution in [3.63, 3.8) is 0 Å². The number of thiophene rings is 1. The first kappa shape index (κ1) is 23.3. The lowest BCUT2D eigenvalue weighted by Crippen LogP contribution is -2.26. The van der Waals surface area contributed by atoms with Crippen LogP contribution in [0.1, 0.15) is 22.9 Å². The van der Waals surface area contributed by atoms with E-state index in [1.54, 1.807) is 60.0 Å². The van der Waals surface area contributed by atoms with E-state index in [2.05, 4.69) is 10.3 Å². The largest absolute Gasteiger partial charge is 0.447 e. The molecular formula is C24H19N3O5S2. The summed E-state index contributed by atoms with van der Waals surface area (Å²) in [6.45, 7) is 1.72. The number of hydrogen-bond donors (Lipinski definition) is 1. The lowest BCUT2D eigenvalue weighted by atomic mass is 10.1. The molecule has 0 aliphatic heterocycles. The summed E-state index contributed by atoms with van der Waals surface area (Å²) in [4.78, 5) is 41.2. The molecule has 1 amide bonds. The van der Waals surface area contributed by atoms with Crippen LogP contribution in [0.4, 0.5) is 11.4 Å². The zero-order chi connectivity index (χ0) is 24.1. The Labute approximate surface area is 203 Å². The number of ether oxygens (including phenoxy) is 1. The second-order valence-electron chi connectivity index (χ2n) is 7.38. The minimum Gasteiger partial charge on any atom is -0.447 e. The first-order valence-corrected chi connectivity index (χ1v) is 12.0. The van der Waals surface area contributed by atoms with E-state index < -0.39 is 22.9 Å². The topological polar surface area (TPSA) is 111 Å². The van der Waals surface area contributed by atoms with Crippen molar-refractivity contribution < 1.29 is 19.2 Å². The van der Waals surface area contributed by atoms with Crippen molar-refractivity contribution in [2.24, 2.45) is 0 Å². The van der Waals surface area contributed by atoms with Crippen molar-refractivity contribution in [1.29, 1.82) is 0 Å². The molecule has 0 fully saturated rings. The number of aryl methyl sites for hydroxylation is 1. The average molecular weight is 494 g/mol. The van der Waals surface area contributed by atoms with Gasteiger partial charge in [-0.05, 0) is 30.0 Å². The number of aromatic nitrogens is 1. The van der Waals surface area contributed by atoms with E-state index in [1.165, 1.54) is 23.5 Å². The zero-order valence-electron chi connectivity index (χ0n) is 18.0. The Hall–Kier alpha value is -3.89. The van der Waals surface area contributed by atoms with Gasteiger partial charge in [0.25, 0.3) is 11.6 Å². The van der Waals surface area contributed by atoms with Crippen molar-refractivity contribution in [2.45, 2.75) is 19.4 Å². The standard InChI is InChI=1S/C24H19N3O5S2/c1-15-7-8-19(20(11-15)27(30)31)26-23(29)22(16-5-3-2-4-6-16)32-21(28)12-18-14-34-24(25-18)17-9-10-33-13-17/h2-11,13-14,22H,12H2,1H3,(H,26,29). The van der Waals surface area contributed by atoms with Crippen LogP contribution in [0, 0.1) is 17.0 Å². The van der Waals surface area contributed by atoms with Gasteiger partial charge in [-0.3, -0.25) is 19.7 Å². The number of hydrogen-bond acceptors (Lipinski definition) is 8. The number of nitrogens with one attached hydrogen (secondary N) is 1. The van der Waals surface area contributed by atoms with Gasteiger partial charge in [-0.15, -0.1) is 11.3 Å². The lowest BCUT2D eigenvalue weighted by molar-refractivity contribution is -0.384. The number of carbonyl (C=O) groups excluding carboxylic acids is 2. The van der Waals surface area contributed by atoms with Crippen molar-refractivity contribution in [1.82, 2.24) is 4.98 Å². The molecule has 2 aromatic carbocycles. The summed E-state index contributed by atoms with van der Waals surface area (Å²) in [7, 11) is 0. The zero-order valence-corrected chi connectivity index (χ0v) is 19.6. The van der Waals surface area contributed by atoms with Crippen LogP contribution in [-0.2, 0) is 20.7 Å². The molecule has 172 valence electrons. The highest BCUT2D eigenvalue weighted by molar-refractivity contribution is 7.14. The second-order valence-corrected chi connectivity index (χ2v) is 9.02. The molecule has 4 aromatic rings. The number of anilines is 1. The van der Waals surface area contributed by atoms with Crippen molar-refractivity contribution in [2.75, 3.05) is 5.32 Å². The maximum Gasteiger partial charge on any atom is 0.313 e. The normalized spacial score (nSPS) is 11.6. The Morgan fingerprint density at radius 1 is 1.15 bits per heavy atom. The van der Waals surface area contributed by atoms with Gasteiger partial charge in [0.05, 0.1) is 17.0 Å². The van der Waals surface area contributed by atoms with Gasteiger partial charge >= 0.3 is 5.97 Å². The van der Waals surface area contributed by atoms with E-state index in [0.717, 1.165) is 10.6 Å². The predicted octanol–water partition coefficient (Wildman–Crippen LogP) is 5.55. The third-order valence-electron chi connectivity index (χ3n) is 4.84. The van der Waals surface area contributed by atoms with Crippen LogP contribution in [0.2, 0.25) is 0 Å². The van der Waals surface area contributed by atoms with E-state index >= 15 is 0 Å². The fourth-order valence-electron chi connectivity index (χ4n) is 3.23. The summed E-state index contributed by atoms with van der Waals surface area (Å²) in [6.07, 6.45) is -1.40. The van der Waals surface area contributed by atoms with Crippen LogP contribution in [0.5, 0.6) is 0 Å². The molecule has 2 heterocycles. The van der Waals surface area contributed by atoms with Gasteiger partial charge in [-0.1, -0.05) is 36.4 Å². The molecule has 0 saturated heterocycles. The van der Waals surface area contributed by atoms with E-state index in [9.17, 15) is 19.7 Å². The fraction of sp³-hybridized carbons (Fsp3) is 0.125. The molecule has 2 aromatic heterocycles. The number of nitro benzene ring substituents is 1. The van der Waals surface area contributed by atoms with Gasteiger partial charge in [0, 0.05) is 28.0 Å². The summed E-state index contributed by atoms with van der Waals surface area (Å²) >= 11 is 2.98. The molecule has 8 nitrogen and oxygen atoms in total. The summed E-state index contributed by atoms with van der Waals surface area (Å²) < 4.78 is 5.54. The van der Waals surface area contributed by atoms with Crippen molar-refractivity contribution >= 4 is 45.9 Å². The highest BCUT2D eigenvalue weighted by Gasteiger charge is 2.27. The highest BCUT2D eigenvalue weighted by atomic mass is 32.1. The Morgan fingerprint density at radius 3 is 2.65 bits per heavy atom. The molecule has 1 atom stereocenters. The molecule has 0 aliphatic rings. The van der Waals surface area contributed by atoms with Gasteiger partial charge < -0.3 is 10.1 Å². The first-order valence-electron chi connectivity index (χ1n) is 10.2. The Kier molecular flexibility index (Phi) is 7.09. The summed E-state index contributed by atoms with van der Waals surface area (Å²) in [5, 5.41) is 20.5. The van der Waals surface area contributed by atoms with Gasteiger partial charge in [0.15, 0.2) is 0 Å². The molecule has 0 spiro atoms. The maximum absolute atomic E-state index is 13.1. The smallest absolute Gasteiger partial charge is 0.313 e. The molecule has 10 heteroatoms. The van der Waals surface area contributed by atoms with Gasteiger partial charge in [-0.2, -0.15) is 11.3 Å². The number of rotatable bonds is 8. The van der Waals surface area contributed by atoms with Crippen LogP contribution in [0.3, 0.4) is 0 Å². The quantitative estimate of drug-likeness (QED) is 0.196. The molecule has 34 heavy (non-hydrogen) atoms. The molecule has 4 rings (SSSR count). The van der Waals surface area contributed by atoms with E-state index in [0.29, 0.717) is 16.8 Å². The van der Waals surface area contributed by atoms with Crippen LogP contribution in [-0.4, -0.2) is 21.8 Å². The first-order chi connectivity index (χ1) is 16.4.